The minimum atomic E-state index is -0.515. The summed E-state index contributed by atoms with van der Waals surface area (Å²) < 4.78 is 0. The van der Waals surface area contributed by atoms with Gasteiger partial charge in [0.25, 0.3) is 0 Å². The third-order valence-electron chi connectivity index (χ3n) is 4.85. The van der Waals surface area contributed by atoms with Gasteiger partial charge in [-0.25, -0.2) is 0 Å². The molecule has 0 radical (unpaired) electrons. The first kappa shape index (κ1) is 23.0. The molecule has 0 saturated heterocycles. The number of benzene rings is 2. The number of amides is 2. The maximum Gasteiger partial charge on any atom is 0.242 e. The lowest BCUT2D eigenvalue weighted by Gasteiger charge is -2.29. The third kappa shape index (κ3) is 7.58. The molecule has 1 atom stereocenters. The van der Waals surface area contributed by atoms with Gasteiger partial charge >= 0.3 is 0 Å². The average molecular weight is 413 g/mol. The first-order chi connectivity index (χ1) is 13.9. The van der Waals surface area contributed by atoms with E-state index >= 15 is 0 Å². The normalized spacial score (nSPS) is 11.7. The second-order valence-corrected chi connectivity index (χ2v) is 8.48. The van der Waals surface area contributed by atoms with Gasteiger partial charge in [0.15, 0.2) is 0 Å². The van der Waals surface area contributed by atoms with E-state index in [1.54, 1.807) is 4.90 Å². The zero-order chi connectivity index (χ0) is 21.2. The van der Waals surface area contributed by atoms with Crippen molar-refractivity contribution >= 4 is 23.6 Å². The molecule has 29 heavy (non-hydrogen) atoms. The molecular formula is C24H32N2O2S. The van der Waals surface area contributed by atoms with Gasteiger partial charge in [0.05, 0.1) is 5.75 Å². The van der Waals surface area contributed by atoms with Crippen LogP contribution in [0.15, 0.2) is 53.4 Å². The predicted octanol–water partition coefficient (Wildman–Crippen LogP) is 4.73. The molecule has 0 bridgehead atoms. The SMILES string of the molecule is CCCCNC(=O)C(C)N(Cc1ccc(C)cc1)C(=O)CSc1ccc(C)cc1. The van der Waals surface area contributed by atoms with Crippen LogP contribution in [0, 0.1) is 13.8 Å². The highest BCUT2D eigenvalue weighted by Gasteiger charge is 2.25. The molecule has 0 aliphatic rings. The number of unbranched alkanes of at least 4 members (excludes halogenated alkanes) is 1. The molecular weight excluding hydrogens is 380 g/mol. The van der Waals surface area contributed by atoms with Crippen molar-refractivity contribution in [1.82, 2.24) is 10.2 Å². The zero-order valence-electron chi connectivity index (χ0n) is 17.9. The molecule has 5 heteroatoms. The number of rotatable bonds is 10. The Labute approximate surface area is 179 Å². The van der Waals surface area contributed by atoms with Crippen LogP contribution in [-0.4, -0.2) is 35.1 Å². The number of hydrogen-bond acceptors (Lipinski definition) is 3. The summed E-state index contributed by atoms with van der Waals surface area (Å²) in [6, 6.07) is 15.7. The molecule has 2 aromatic rings. The van der Waals surface area contributed by atoms with Gasteiger partial charge in [0.1, 0.15) is 6.04 Å². The van der Waals surface area contributed by atoms with Gasteiger partial charge in [0, 0.05) is 18.0 Å². The molecule has 2 aromatic carbocycles. The summed E-state index contributed by atoms with van der Waals surface area (Å²) in [4.78, 5) is 28.4. The number of thioether (sulfide) groups is 1. The fraction of sp³-hybridized carbons (Fsp3) is 0.417. The van der Waals surface area contributed by atoms with Gasteiger partial charge in [-0.2, -0.15) is 0 Å². The largest absolute Gasteiger partial charge is 0.354 e. The van der Waals surface area contributed by atoms with Crippen molar-refractivity contribution in [3.63, 3.8) is 0 Å². The van der Waals surface area contributed by atoms with Crippen molar-refractivity contribution in [2.45, 2.75) is 58.0 Å². The molecule has 0 aliphatic carbocycles. The molecule has 0 saturated carbocycles. The second kappa shape index (κ2) is 11.7. The molecule has 1 unspecified atom stereocenters. The molecule has 4 nitrogen and oxygen atoms in total. The van der Waals surface area contributed by atoms with Gasteiger partial charge in [-0.05, 0) is 44.9 Å². The van der Waals surface area contributed by atoms with E-state index in [9.17, 15) is 9.59 Å². The Balaban J connectivity index is 2.08. The molecule has 1 N–H and O–H groups in total. The molecule has 2 rings (SSSR count). The molecule has 2 amide bonds. The van der Waals surface area contributed by atoms with Crippen LogP contribution in [0.25, 0.3) is 0 Å². The van der Waals surface area contributed by atoms with E-state index in [-0.39, 0.29) is 11.8 Å². The van der Waals surface area contributed by atoms with Crippen LogP contribution in [0.3, 0.4) is 0 Å². The summed E-state index contributed by atoms with van der Waals surface area (Å²) >= 11 is 1.51. The van der Waals surface area contributed by atoms with Crippen molar-refractivity contribution in [2.75, 3.05) is 12.3 Å². The fourth-order valence-corrected chi connectivity index (χ4v) is 3.66. The standard InChI is InChI=1S/C24H32N2O2S/c1-5-6-15-25-24(28)20(4)26(16-21-11-7-18(2)8-12-21)23(27)17-29-22-13-9-19(3)10-14-22/h7-14,20H,5-6,15-17H2,1-4H3,(H,25,28). The van der Waals surface area contributed by atoms with Crippen molar-refractivity contribution in [2.24, 2.45) is 0 Å². The predicted molar refractivity (Wildman–Crippen MR) is 121 cm³/mol. The van der Waals surface area contributed by atoms with Crippen molar-refractivity contribution in [3.05, 3.63) is 65.2 Å². The second-order valence-electron chi connectivity index (χ2n) is 7.43. The lowest BCUT2D eigenvalue weighted by atomic mass is 10.1. The van der Waals surface area contributed by atoms with Crippen LogP contribution < -0.4 is 5.32 Å². The monoisotopic (exact) mass is 412 g/mol. The lowest BCUT2D eigenvalue weighted by Crippen LogP contribution is -2.48. The third-order valence-corrected chi connectivity index (χ3v) is 5.85. The zero-order valence-corrected chi connectivity index (χ0v) is 18.7. The van der Waals surface area contributed by atoms with E-state index in [2.05, 4.69) is 12.2 Å². The van der Waals surface area contributed by atoms with E-state index in [1.165, 1.54) is 22.9 Å². The average Bonchev–Trinajstić information content (AvgIpc) is 2.72. The highest BCUT2D eigenvalue weighted by molar-refractivity contribution is 8.00. The van der Waals surface area contributed by atoms with Gasteiger partial charge in [-0.3, -0.25) is 9.59 Å². The van der Waals surface area contributed by atoms with E-state index in [1.807, 2.05) is 69.3 Å². The van der Waals surface area contributed by atoms with Crippen molar-refractivity contribution < 1.29 is 9.59 Å². The first-order valence-electron chi connectivity index (χ1n) is 10.2. The maximum absolute atomic E-state index is 13.1. The van der Waals surface area contributed by atoms with Crippen LogP contribution in [0.1, 0.15) is 43.4 Å². The number of carbonyl (C=O) groups excluding carboxylic acids is 2. The molecule has 0 heterocycles. The van der Waals surface area contributed by atoms with Gasteiger partial charge in [0.2, 0.25) is 11.8 Å². The molecule has 0 aliphatic heterocycles. The van der Waals surface area contributed by atoms with Crippen LogP contribution in [0.4, 0.5) is 0 Å². The van der Waals surface area contributed by atoms with Crippen molar-refractivity contribution in [3.8, 4) is 0 Å². The summed E-state index contributed by atoms with van der Waals surface area (Å²) in [6.45, 7) is 9.05. The van der Waals surface area contributed by atoms with Crippen molar-refractivity contribution in [1.29, 1.82) is 0 Å². The molecule has 0 fully saturated rings. The topological polar surface area (TPSA) is 49.4 Å². The Morgan fingerprint density at radius 1 is 1.00 bits per heavy atom. The minimum Gasteiger partial charge on any atom is -0.354 e. The number of nitrogens with zero attached hydrogens (tertiary/aromatic N) is 1. The number of nitrogens with one attached hydrogen (secondary N) is 1. The Hall–Kier alpha value is -2.27. The van der Waals surface area contributed by atoms with Gasteiger partial charge < -0.3 is 10.2 Å². The van der Waals surface area contributed by atoms with E-state index in [0.29, 0.717) is 18.8 Å². The van der Waals surface area contributed by atoms with Gasteiger partial charge in [-0.15, -0.1) is 11.8 Å². The smallest absolute Gasteiger partial charge is 0.242 e. The van der Waals surface area contributed by atoms with E-state index in [0.717, 1.165) is 23.3 Å². The Bertz CT molecular complexity index is 788. The fourth-order valence-electron chi connectivity index (χ4n) is 2.87. The molecule has 0 spiro atoms. The number of aryl methyl sites for hydroxylation is 2. The minimum absolute atomic E-state index is 0.0331. The quantitative estimate of drug-likeness (QED) is 0.453. The van der Waals surface area contributed by atoms with E-state index in [4.69, 9.17) is 0 Å². The van der Waals surface area contributed by atoms with Crippen LogP contribution >= 0.6 is 11.8 Å². The van der Waals surface area contributed by atoms with E-state index < -0.39 is 6.04 Å². The summed E-state index contributed by atoms with van der Waals surface area (Å²) in [5, 5.41) is 2.95. The lowest BCUT2D eigenvalue weighted by molar-refractivity contribution is -0.138. The summed E-state index contributed by atoms with van der Waals surface area (Å²) in [5.74, 6) is 0.176. The Morgan fingerprint density at radius 2 is 1.59 bits per heavy atom. The Kier molecular flexibility index (Phi) is 9.26. The number of carbonyl (C=O) groups is 2. The summed E-state index contributed by atoms with van der Waals surface area (Å²) in [6.07, 6.45) is 1.96. The highest BCUT2D eigenvalue weighted by atomic mass is 32.2. The summed E-state index contributed by atoms with van der Waals surface area (Å²) in [7, 11) is 0. The Morgan fingerprint density at radius 3 is 2.17 bits per heavy atom. The summed E-state index contributed by atoms with van der Waals surface area (Å²) in [5.41, 5.74) is 3.39. The molecule has 156 valence electrons. The van der Waals surface area contributed by atoms with Crippen LogP contribution in [0.5, 0.6) is 0 Å². The van der Waals surface area contributed by atoms with Gasteiger partial charge in [-0.1, -0.05) is 60.9 Å². The highest BCUT2D eigenvalue weighted by Crippen LogP contribution is 2.20. The first-order valence-corrected chi connectivity index (χ1v) is 11.2. The maximum atomic E-state index is 13.1. The number of hydrogen-bond donors (Lipinski definition) is 1. The molecule has 0 aromatic heterocycles. The van der Waals surface area contributed by atoms with Crippen LogP contribution in [-0.2, 0) is 16.1 Å². The van der Waals surface area contributed by atoms with Crippen LogP contribution in [0.2, 0.25) is 0 Å².